The van der Waals surface area contributed by atoms with E-state index in [1.807, 2.05) is 0 Å². The first-order valence-corrected chi connectivity index (χ1v) is 17.6. The zero-order valence-electron chi connectivity index (χ0n) is 15.7. The predicted molar refractivity (Wildman–Crippen MR) is 104 cm³/mol. The third kappa shape index (κ3) is 19.7. The van der Waals surface area contributed by atoms with Crippen LogP contribution in [0.2, 0.25) is 9.88 Å². The average Bonchev–Trinajstić information content (AvgIpc) is 2.50. The Labute approximate surface area is 152 Å². The molecule has 0 aliphatic rings. The van der Waals surface area contributed by atoms with E-state index in [9.17, 15) is 4.79 Å². The zero-order valence-corrected chi connectivity index (χ0v) is 19.0. The summed E-state index contributed by atoms with van der Waals surface area (Å²) < 4.78 is 5.33. The van der Waals surface area contributed by atoms with Gasteiger partial charge in [0.05, 0.1) is 0 Å². The molecule has 0 spiro atoms. The molecule has 0 saturated heterocycles. The fourth-order valence-electron chi connectivity index (χ4n) is 2.40. The van der Waals surface area contributed by atoms with Crippen LogP contribution in [0.1, 0.15) is 84.0 Å². The molecule has 0 amide bonds. The first kappa shape index (κ1) is 22.7. The van der Waals surface area contributed by atoms with Crippen LogP contribution in [0.4, 0.5) is 0 Å². The summed E-state index contributed by atoms with van der Waals surface area (Å²) in [5.41, 5.74) is 0. The summed E-state index contributed by atoms with van der Waals surface area (Å²) in [5.74, 6) is 0.0430. The quantitative estimate of drug-likeness (QED) is 0.173. The topological polar surface area (TPSA) is 26.3 Å². The van der Waals surface area contributed by atoms with Gasteiger partial charge in [0, 0.05) is 0 Å². The molecule has 0 rings (SSSR count). The van der Waals surface area contributed by atoms with Gasteiger partial charge in [-0.25, -0.2) is 0 Å². The Balaban J connectivity index is 3.26. The molecule has 0 aromatic carbocycles. The molecule has 3 heteroatoms. The summed E-state index contributed by atoms with van der Waals surface area (Å²) in [5, 5.41) is 0. The second kappa shape index (κ2) is 18.1. The number of rotatable bonds is 15. The van der Waals surface area contributed by atoms with E-state index in [1.54, 1.807) is 0 Å². The van der Waals surface area contributed by atoms with Gasteiger partial charge in [-0.15, -0.1) is 0 Å². The molecule has 0 saturated carbocycles. The van der Waals surface area contributed by atoms with Crippen LogP contribution < -0.4 is 0 Å². The minimum absolute atomic E-state index is 0.0430. The Hall–Kier alpha value is -0.251. The molecule has 0 radical (unpaired) electrons. The van der Waals surface area contributed by atoms with E-state index >= 15 is 0 Å². The van der Waals surface area contributed by atoms with Crippen molar-refractivity contribution in [3.05, 3.63) is 24.3 Å². The van der Waals surface area contributed by atoms with Crippen LogP contribution in [0.3, 0.4) is 0 Å². The predicted octanol–water partition coefficient (Wildman–Crippen LogP) is 6.33. The van der Waals surface area contributed by atoms with E-state index in [1.165, 1.54) is 51.4 Å². The molecule has 0 N–H and O–H groups in total. The number of allylic oxidation sites excluding steroid dienone is 4. The maximum atomic E-state index is 11.4. The van der Waals surface area contributed by atoms with Gasteiger partial charge in [0.15, 0.2) is 0 Å². The van der Waals surface area contributed by atoms with Crippen molar-refractivity contribution in [2.24, 2.45) is 0 Å². The van der Waals surface area contributed by atoms with Gasteiger partial charge < -0.3 is 0 Å². The molecule has 23 heavy (non-hydrogen) atoms. The first-order chi connectivity index (χ1) is 11.2. The van der Waals surface area contributed by atoms with E-state index in [0.29, 0.717) is 6.42 Å². The standard InChI is InChI=1S/C18H32O2.2CH3.Sn.H/c1-2-3-4-5-6-7-8-9-10-11-12-13-14-15-16-17-18(19)20;;;;/h6-7,9-10H,2-5,8,11-17H2,1H3,(H,19,20);2*1H3;;/q;;;+1;/p-1/b7-6-,10-9-;;;;. The van der Waals surface area contributed by atoms with Crippen LogP contribution in [0.25, 0.3) is 0 Å². The second-order valence-electron chi connectivity index (χ2n) is 6.52. The van der Waals surface area contributed by atoms with Crippen molar-refractivity contribution in [3.63, 3.8) is 0 Å². The van der Waals surface area contributed by atoms with Crippen LogP contribution in [-0.2, 0) is 7.87 Å². The Morgan fingerprint density at radius 2 is 1.39 bits per heavy atom. The van der Waals surface area contributed by atoms with Crippen molar-refractivity contribution in [3.8, 4) is 0 Å². The Morgan fingerprint density at radius 1 is 0.826 bits per heavy atom. The number of hydrogen-bond donors (Lipinski definition) is 0. The van der Waals surface area contributed by atoms with Crippen LogP contribution in [0, 0.1) is 0 Å². The third-order valence-corrected chi connectivity index (χ3v) is 5.79. The van der Waals surface area contributed by atoms with E-state index in [4.69, 9.17) is 3.07 Å². The van der Waals surface area contributed by atoms with Gasteiger partial charge in [-0.3, -0.25) is 0 Å². The molecule has 0 atom stereocenters. The van der Waals surface area contributed by atoms with E-state index in [0.717, 1.165) is 19.3 Å². The molecular weight excluding hydrogens is 391 g/mol. The maximum absolute atomic E-state index is 11.4. The fraction of sp³-hybridized carbons (Fsp3) is 0.750. The van der Waals surface area contributed by atoms with Crippen LogP contribution in [0.15, 0.2) is 24.3 Å². The Morgan fingerprint density at radius 3 is 2.00 bits per heavy atom. The molecule has 0 fully saturated rings. The average molecular weight is 429 g/mol. The summed E-state index contributed by atoms with van der Waals surface area (Å²) in [7, 11) is 0. The van der Waals surface area contributed by atoms with Gasteiger partial charge in [0.25, 0.3) is 0 Å². The van der Waals surface area contributed by atoms with Crippen LogP contribution in [-0.4, -0.2) is 26.1 Å². The summed E-state index contributed by atoms with van der Waals surface area (Å²) in [4.78, 5) is 15.6. The van der Waals surface area contributed by atoms with Crippen LogP contribution in [0.5, 0.6) is 0 Å². The molecule has 0 aliphatic carbocycles. The summed E-state index contributed by atoms with van der Waals surface area (Å²) in [6, 6.07) is 0. The fourth-order valence-corrected chi connectivity index (χ4v) is 4.24. The van der Waals surface area contributed by atoms with Gasteiger partial charge in [-0.2, -0.15) is 0 Å². The second-order valence-corrected chi connectivity index (χ2v) is 13.2. The molecule has 0 bridgehead atoms. The molecule has 0 heterocycles. The van der Waals surface area contributed by atoms with Crippen molar-refractivity contribution in [2.45, 2.75) is 93.9 Å². The van der Waals surface area contributed by atoms with Crippen molar-refractivity contribution in [1.82, 2.24) is 0 Å². The molecule has 0 aromatic heterocycles. The molecule has 0 aliphatic heterocycles. The SMILES string of the molecule is CCCCC/C=C\C/C=C\CCCCCCCC(=O)[O][SnH]([CH3])[CH3]. The van der Waals surface area contributed by atoms with Gasteiger partial charge >= 0.3 is 107 Å². The number of hydrogen-bond acceptors (Lipinski definition) is 2. The molecule has 0 unspecified atom stereocenters. The zero-order chi connectivity index (χ0) is 17.2. The third-order valence-electron chi connectivity index (χ3n) is 3.70. The van der Waals surface area contributed by atoms with Gasteiger partial charge in [0.1, 0.15) is 0 Å². The first-order valence-electron chi connectivity index (χ1n) is 9.66. The number of carbonyl (C=O) groups excluding carboxylic acids is 1. The summed E-state index contributed by atoms with van der Waals surface area (Å²) in [6.45, 7) is 2.25. The van der Waals surface area contributed by atoms with Crippen molar-refractivity contribution in [2.75, 3.05) is 0 Å². The number of unbranched alkanes of at least 4 members (excludes halogenated alkanes) is 8. The van der Waals surface area contributed by atoms with Crippen LogP contribution >= 0.6 is 0 Å². The molecule has 0 aromatic rings. The minimum atomic E-state index is -1.80. The molecule has 134 valence electrons. The number of carbonyl (C=O) groups is 1. The molecule has 2 nitrogen and oxygen atoms in total. The summed E-state index contributed by atoms with van der Waals surface area (Å²) in [6.07, 6.45) is 23.2. The van der Waals surface area contributed by atoms with Gasteiger partial charge in [-0.05, 0) is 12.8 Å². The monoisotopic (exact) mass is 430 g/mol. The normalized spacial score (nSPS) is 11.8. The van der Waals surface area contributed by atoms with E-state index in [-0.39, 0.29) is 5.97 Å². The van der Waals surface area contributed by atoms with E-state index in [2.05, 4.69) is 41.1 Å². The van der Waals surface area contributed by atoms with Gasteiger partial charge in [-0.1, -0.05) is 31.9 Å². The van der Waals surface area contributed by atoms with Crippen molar-refractivity contribution < 1.29 is 7.87 Å². The molecular formula is C20H38O2Sn. The van der Waals surface area contributed by atoms with Crippen molar-refractivity contribution >= 4 is 26.1 Å². The van der Waals surface area contributed by atoms with Crippen molar-refractivity contribution in [1.29, 1.82) is 0 Å². The Bertz CT molecular complexity index is 322. The Kier molecular flexibility index (Phi) is 17.9. The van der Waals surface area contributed by atoms with Gasteiger partial charge in [0.2, 0.25) is 0 Å². The van der Waals surface area contributed by atoms with E-state index < -0.39 is 20.2 Å². The summed E-state index contributed by atoms with van der Waals surface area (Å²) >= 11 is -1.80.